The first-order chi connectivity index (χ1) is 11.4. The number of hydrogen-bond acceptors (Lipinski definition) is 3. The Morgan fingerprint density at radius 1 is 0.833 bits per heavy atom. The third-order valence-corrected chi connectivity index (χ3v) is 7.12. The van der Waals surface area contributed by atoms with E-state index in [1.807, 2.05) is 19.1 Å². The number of sulfonamides is 1. The van der Waals surface area contributed by atoms with Crippen LogP contribution in [0.25, 0.3) is 0 Å². The smallest absolute Gasteiger partial charge is 0.243 e. The van der Waals surface area contributed by atoms with E-state index in [4.69, 9.17) is 0 Å². The van der Waals surface area contributed by atoms with Gasteiger partial charge in [-0.25, -0.2) is 8.42 Å². The van der Waals surface area contributed by atoms with Gasteiger partial charge in [-0.15, -0.1) is 0 Å². The van der Waals surface area contributed by atoms with Gasteiger partial charge in [-0.2, -0.15) is 4.31 Å². The third kappa shape index (κ3) is 2.52. The van der Waals surface area contributed by atoms with Gasteiger partial charge in [0.25, 0.3) is 0 Å². The van der Waals surface area contributed by atoms with Gasteiger partial charge in [0.1, 0.15) is 0 Å². The first-order valence-electron chi connectivity index (χ1n) is 8.37. The number of nitrogens with zero attached hydrogens (tertiary/aromatic N) is 2. The Kier molecular flexibility index (Phi) is 3.66. The van der Waals surface area contributed by atoms with E-state index in [-0.39, 0.29) is 12.1 Å². The zero-order valence-corrected chi connectivity index (χ0v) is 14.8. The van der Waals surface area contributed by atoms with Crippen molar-refractivity contribution in [1.82, 2.24) is 4.31 Å². The van der Waals surface area contributed by atoms with Gasteiger partial charge in [0.15, 0.2) is 0 Å². The second-order valence-corrected chi connectivity index (χ2v) is 8.81. The van der Waals surface area contributed by atoms with Gasteiger partial charge in [0.2, 0.25) is 10.0 Å². The van der Waals surface area contributed by atoms with E-state index in [1.165, 1.54) is 11.3 Å². The average Bonchev–Trinajstić information content (AvgIpc) is 3.17. The van der Waals surface area contributed by atoms with E-state index in [9.17, 15) is 8.42 Å². The number of piperazine rings is 1. The molecule has 2 aliphatic rings. The Balaban J connectivity index is 1.55. The summed E-state index contributed by atoms with van der Waals surface area (Å²) < 4.78 is 27.6. The lowest BCUT2D eigenvalue weighted by atomic mass is 10.2. The molecule has 0 N–H and O–H groups in total. The summed E-state index contributed by atoms with van der Waals surface area (Å²) in [4.78, 5) is 2.76. The molecule has 0 aliphatic carbocycles. The van der Waals surface area contributed by atoms with Gasteiger partial charge >= 0.3 is 0 Å². The number of aryl methyl sites for hydroxylation is 2. The molecule has 0 radical (unpaired) electrons. The molecule has 4 rings (SSSR count). The van der Waals surface area contributed by atoms with Crippen molar-refractivity contribution in [3.8, 4) is 0 Å². The summed E-state index contributed by atoms with van der Waals surface area (Å²) in [5.74, 6) is 0. The Morgan fingerprint density at radius 3 is 1.96 bits per heavy atom. The van der Waals surface area contributed by atoms with E-state index in [0.717, 1.165) is 18.5 Å². The molecule has 126 valence electrons. The highest BCUT2D eigenvalue weighted by Crippen LogP contribution is 2.37. The molecule has 5 heteroatoms. The molecular formula is C19H22N2O2S. The molecule has 0 aromatic heterocycles. The first kappa shape index (κ1) is 15.7. The molecular weight excluding hydrogens is 320 g/mol. The molecule has 2 atom stereocenters. The summed E-state index contributed by atoms with van der Waals surface area (Å²) in [6.45, 7) is 5.40. The molecule has 2 fully saturated rings. The van der Waals surface area contributed by atoms with Gasteiger partial charge in [-0.3, -0.25) is 0 Å². The normalized spacial score (nSPS) is 23.8. The van der Waals surface area contributed by atoms with Crippen molar-refractivity contribution in [2.24, 2.45) is 0 Å². The predicted molar refractivity (Wildman–Crippen MR) is 95.8 cm³/mol. The lowest BCUT2D eigenvalue weighted by Gasteiger charge is -2.35. The summed E-state index contributed by atoms with van der Waals surface area (Å²) in [5.41, 5.74) is 3.51. The van der Waals surface area contributed by atoms with Crippen LogP contribution in [0.2, 0.25) is 0 Å². The number of hydrogen-bond donors (Lipinski definition) is 0. The molecule has 24 heavy (non-hydrogen) atoms. The quantitative estimate of drug-likeness (QED) is 0.861. The minimum Gasteiger partial charge on any atom is -0.366 e. The van der Waals surface area contributed by atoms with Gasteiger partial charge in [-0.1, -0.05) is 35.4 Å². The van der Waals surface area contributed by atoms with E-state index >= 15 is 0 Å². The first-order valence-corrected chi connectivity index (χ1v) is 9.81. The lowest BCUT2D eigenvalue weighted by Crippen LogP contribution is -2.48. The summed E-state index contributed by atoms with van der Waals surface area (Å²) in [7, 11) is -3.39. The van der Waals surface area contributed by atoms with Crippen LogP contribution in [-0.2, 0) is 10.0 Å². The van der Waals surface area contributed by atoms with Gasteiger partial charge in [0.05, 0.1) is 4.90 Å². The van der Waals surface area contributed by atoms with Gasteiger partial charge in [0, 0.05) is 30.9 Å². The van der Waals surface area contributed by atoms with E-state index in [2.05, 4.69) is 36.1 Å². The van der Waals surface area contributed by atoms with E-state index < -0.39 is 10.0 Å². The second-order valence-electron chi connectivity index (χ2n) is 6.92. The largest absolute Gasteiger partial charge is 0.366 e. The topological polar surface area (TPSA) is 40.6 Å². The molecule has 2 saturated heterocycles. The molecule has 0 spiro atoms. The zero-order valence-electron chi connectivity index (χ0n) is 14.0. The maximum absolute atomic E-state index is 12.9. The second kappa shape index (κ2) is 5.60. The lowest BCUT2D eigenvalue weighted by molar-refractivity contribution is 0.368. The summed E-state index contributed by atoms with van der Waals surface area (Å²) >= 11 is 0. The van der Waals surface area contributed by atoms with Crippen molar-refractivity contribution >= 4 is 15.7 Å². The molecule has 2 aromatic rings. The summed E-state index contributed by atoms with van der Waals surface area (Å²) in [6.07, 6.45) is 0.916. The molecule has 4 nitrogen and oxygen atoms in total. The Morgan fingerprint density at radius 2 is 1.42 bits per heavy atom. The fourth-order valence-corrected chi connectivity index (χ4v) is 5.49. The number of fused-ring (bicyclic) bond motifs is 2. The zero-order chi connectivity index (χ0) is 16.9. The minimum atomic E-state index is -3.39. The van der Waals surface area contributed by atoms with Crippen LogP contribution in [0.1, 0.15) is 17.5 Å². The summed E-state index contributed by atoms with van der Waals surface area (Å²) in [6, 6.07) is 16.0. The van der Waals surface area contributed by atoms with Crippen molar-refractivity contribution in [3.05, 3.63) is 59.7 Å². The fourth-order valence-electron chi connectivity index (χ4n) is 3.82. The molecule has 2 aromatic carbocycles. The number of rotatable bonds is 3. The van der Waals surface area contributed by atoms with Crippen LogP contribution in [0, 0.1) is 13.8 Å². The molecule has 2 unspecified atom stereocenters. The highest BCUT2D eigenvalue weighted by molar-refractivity contribution is 7.89. The van der Waals surface area contributed by atoms with E-state index in [1.54, 1.807) is 16.4 Å². The maximum atomic E-state index is 12.9. The summed E-state index contributed by atoms with van der Waals surface area (Å²) in [5, 5.41) is 0. The standard InChI is InChI=1S/C19H22N2O2S/c1-14-3-7-16(8-4-14)20-12-18-11-17(20)13-21(18)24(22,23)19-9-5-15(2)6-10-19/h3-10,17-18H,11-13H2,1-2H3. The van der Waals surface area contributed by atoms with Gasteiger partial charge in [-0.05, 0) is 44.5 Å². The van der Waals surface area contributed by atoms with Crippen molar-refractivity contribution in [2.75, 3.05) is 18.0 Å². The van der Waals surface area contributed by atoms with Gasteiger partial charge < -0.3 is 4.90 Å². The highest BCUT2D eigenvalue weighted by Gasteiger charge is 2.48. The molecule has 0 amide bonds. The Labute approximate surface area is 143 Å². The molecule has 2 heterocycles. The van der Waals surface area contributed by atoms with Crippen LogP contribution in [0.3, 0.4) is 0 Å². The Bertz CT molecular complexity index is 844. The van der Waals surface area contributed by atoms with Crippen LogP contribution in [0.15, 0.2) is 53.4 Å². The predicted octanol–water partition coefficient (Wildman–Crippen LogP) is 2.96. The third-order valence-electron chi connectivity index (χ3n) is 5.18. The molecule has 2 aliphatic heterocycles. The average molecular weight is 342 g/mol. The van der Waals surface area contributed by atoms with Crippen LogP contribution < -0.4 is 4.90 Å². The van der Waals surface area contributed by atoms with Crippen LogP contribution in [-0.4, -0.2) is 37.9 Å². The fraction of sp³-hybridized carbons (Fsp3) is 0.368. The van der Waals surface area contributed by atoms with Crippen molar-refractivity contribution < 1.29 is 8.42 Å². The van der Waals surface area contributed by atoms with Crippen molar-refractivity contribution in [2.45, 2.75) is 37.2 Å². The van der Waals surface area contributed by atoms with Crippen LogP contribution in [0.4, 0.5) is 5.69 Å². The van der Waals surface area contributed by atoms with E-state index in [0.29, 0.717) is 11.4 Å². The number of anilines is 1. The van der Waals surface area contributed by atoms with Crippen molar-refractivity contribution in [3.63, 3.8) is 0 Å². The van der Waals surface area contributed by atoms with Crippen LogP contribution >= 0.6 is 0 Å². The number of benzene rings is 2. The van der Waals surface area contributed by atoms with Crippen molar-refractivity contribution in [1.29, 1.82) is 0 Å². The maximum Gasteiger partial charge on any atom is 0.243 e. The SMILES string of the molecule is Cc1ccc(N2CC3CC2CN3S(=O)(=O)c2ccc(C)cc2)cc1. The highest BCUT2D eigenvalue weighted by atomic mass is 32.2. The minimum absolute atomic E-state index is 0.0719. The Hall–Kier alpha value is -1.85. The van der Waals surface area contributed by atoms with Crippen LogP contribution in [0.5, 0.6) is 0 Å². The molecule has 2 bridgehead atoms. The molecule has 0 saturated carbocycles. The monoisotopic (exact) mass is 342 g/mol.